The molecule has 0 saturated carbocycles. The van der Waals surface area contributed by atoms with E-state index in [1.54, 1.807) is 14.2 Å². The third-order valence-electron chi connectivity index (χ3n) is 2.14. The number of rotatable bonds is 7. The third kappa shape index (κ3) is 3.55. The number of aromatic nitrogens is 1. The van der Waals surface area contributed by atoms with Gasteiger partial charge in [0, 0.05) is 20.8 Å². The Morgan fingerprint density at radius 2 is 2.29 bits per heavy atom. The molecule has 0 aliphatic heterocycles. The van der Waals surface area contributed by atoms with Crippen molar-refractivity contribution in [3.05, 3.63) is 5.56 Å². The number of hydrogen-bond acceptors (Lipinski definition) is 7. The molecule has 8 heteroatoms. The first-order valence-corrected chi connectivity index (χ1v) is 5.68. The number of carbonyl (C=O) groups is 1. The third-order valence-corrected chi connectivity index (χ3v) is 2.96. The fourth-order valence-electron chi connectivity index (χ4n) is 1.26. The molecular formula is C9H16N4O3S. The summed E-state index contributed by atoms with van der Waals surface area (Å²) in [6.07, 6.45) is -0.121. The molecule has 7 nitrogen and oxygen atoms in total. The minimum absolute atomic E-state index is 0.121. The van der Waals surface area contributed by atoms with Gasteiger partial charge in [0.15, 0.2) is 5.82 Å². The zero-order valence-corrected chi connectivity index (χ0v) is 10.5. The van der Waals surface area contributed by atoms with Crippen molar-refractivity contribution in [3.63, 3.8) is 0 Å². The Labute approximate surface area is 103 Å². The van der Waals surface area contributed by atoms with Crippen LogP contribution in [-0.4, -0.2) is 43.8 Å². The van der Waals surface area contributed by atoms with Crippen LogP contribution in [0.1, 0.15) is 10.4 Å². The van der Waals surface area contributed by atoms with Crippen LogP contribution in [0.2, 0.25) is 0 Å². The van der Waals surface area contributed by atoms with Gasteiger partial charge in [0.25, 0.3) is 5.91 Å². The van der Waals surface area contributed by atoms with Gasteiger partial charge in [0.05, 0.1) is 12.7 Å². The first-order valence-electron chi connectivity index (χ1n) is 4.90. The van der Waals surface area contributed by atoms with E-state index in [9.17, 15) is 4.79 Å². The van der Waals surface area contributed by atoms with Gasteiger partial charge in [0.2, 0.25) is 0 Å². The van der Waals surface area contributed by atoms with Crippen molar-refractivity contribution in [1.29, 1.82) is 0 Å². The summed E-state index contributed by atoms with van der Waals surface area (Å²) in [5.41, 5.74) is 11.0. The van der Waals surface area contributed by atoms with Crippen molar-refractivity contribution in [2.75, 3.05) is 38.4 Å². The van der Waals surface area contributed by atoms with Crippen LogP contribution in [0.3, 0.4) is 0 Å². The highest BCUT2D eigenvalue weighted by molar-refractivity contribution is 7.11. The number of methoxy groups -OCH3 is 2. The van der Waals surface area contributed by atoms with Gasteiger partial charge >= 0.3 is 0 Å². The zero-order valence-electron chi connectivity index (χ0n) is 9.73. The van der Waals surface area contributed by atoms with Gasteiger partial charge in [-0.2, -0.15) is 4.37 Å². The molecular weight excluding hydrogens is 244 g/mol. The molecule has 1 unspecified atom stereocenters. The van der Waals surface area contributed by atoms with Gasteiger partial charge in [-0.1, -0.05) is 0 Å². The van der Waals surface area contributed by atoms with Crippen molar-refractivity contribution in [1.82, 2.24) is 4.37 Å². The first-order chi connectivity index (χ1) is 8.10. The summed E-state index contributed by atoms with van der Waals surface area (Å²) in [5, 5.41) is 3.57. The van der Waals surface area contributed by atoms with E-state index in [0.717, 1.165) is 11.5 Å². The van der Waals surface area contributed by atoms with E-state index in [1.165, 1.54) is 0 Å². The van der Waals surface area contributed by atoms with Crippen molar-refractivity contribution in [2.45, 2.75) is 6.10 Å². The maximum Gasteiger partial charge on any atom is 0.255 e. The van der Waals surface area contributed by atoms with Crippen molar-refractivity contribution >= 4 is 28.3 Å². The Bertz CT molecular complexity index is 382. The lowest BCUT2D eigenvalue weighted by Crippen LogP contribution is -2.27. The number of nitrogens with zero attached hydrogens (tertiary/aromatic N) is 1. The highest BCUT2D eigenvalue weighted by Gasteiger charge is 2.17. The smallest absolute Gasteiger partial charge is 0.255 e. The van der Waals surface area contributed by atoms with Gasteiger partial charge in [-0.3, -0.25) is 4.79 Å². The predicted molar refractivity (Wildman–Crippen MR) is 66.2 cm³/mol. The molecule has 1 atom stereocenters. The van der Waals surface area contributed by atoms with E-state index in [4.69, 9.17) is 20.9 Å². The lowest BCUT2D eigenvalue weighted by atomic mass is 10.3. The molecule has 1 heterocycles. The van der Waals surface area contributed by atoms with Crippen LogP contribution in [0, 0.1) is 0 Å². The Balaban J connectivity index is 2.65. The van der Waals surface area contributed by atoms with E-state index in [-0.39, 0.29) is 17.5 Å². The van der Waals surface area contributed by atoms with Crippen LogP contribution in [0.15, 0.2) is 0 Å². The number of anilines is 2. The van der Waals surface area contributed by atoms with Crippen molar-refractivity contribution in [2.24, 2.45) is 5.73 Å². The summed E-state index contributed by atoms with van der Waals surface area (Å²) in [4.78, 5) is 11.2. The monoisotopic (exact) mass is 260 g/mol. The molecule has 0 saturated heterocycles. The lowest BCUT2D eigenvalue weighted by Gasteiger charge is -2.15. The largest absolute Gasteiger partial charge is 0.382 e. The Morgan fingerprint density at radius 3 is 2.82 bits per heavy atom. The Kier molecular flexibility index (Phi) is 5.13. The van der Waals surface area contributed by atoms with Gasteiger partial charge in [-0.05, 0) is 11.5 Å². The van der Waals surface area contributed by atoms with E-state index in [0.29, 0.717) is 18.2 Å². The van der Waals surface area contributed by atoms with Crippen molar-refractivity contribution < 1.29 is 14.3 Å². The fourth-order valence-corrected chi connectivity index (χ4v) is 1.99. The molecule has 1 aromatic heterocycles. The normalized spacial score (nSPS) is 12.4. The maximum atomic E-state index is 11.2. The summed E-state index contributed by atoms with van der Waals surface area (Å²) in [7, 11) is 3.17. The molecule has 1 rings (SSSR count). The van der Waals surface area contributed by atoms with E-state index in [1.807, 2.05) is 0 Å². The molecule has 17 heavy (non-hydrogen) atoms. The van der Waals surface area contributed by atoms with Crippen LogP contribution >= 0.6 is 11.5 Å². The second-order valence-corrected chi connectivity index (χ2v) is 4.10. The second-order valence-electron chi connectivity index (χ2n) is 3.33. The number of amides is 1. The number of ether oxygens (including phenoxy) is 2. The van der Waals surface area contributed by atoms with Crippen LogP contribution in [-0.2, 0) is 9.47 Å². The molecule has 96 valence electrons. The minimum Gasteiger partial charge on any atom is -0.382 e. The number of nitrogens with two attached hydrogens (primary N) is 2. The minimum atomic E-state index is -0.598. The molecule has 5 N–H and O–H groups in total. The molecule has 0 aliphatic rings. The Morgan fingerprint density at radius 1 is 1.59 bits per heavy atom. The van der Waals surface area contributed by atoms with E-state index >= 15 is 0 Å². The van der Waals surface area contributed by atoms with E-state index in [2.05, 4.69) is 9.69 Å². The number of nitrogens with one attached hydrogen (secondary N) is 1. The molecule has 0 fully saturated rings. The number of hydrogen-bond donors (Lipinski definition) is 3. The number of nitrogen functional groups attached to an aromatic ring is 1. The summed E-state index contributed by atoms with van der Waals surface area (Å²) < 4.78 is 14.0. The number of primary amides is 1. The molecule has 0 bridgehead atoms. The molecule has 0 spiro atoms. The van der Waals surface area contributed by atoms with Gasteiger partial charge < -0.3 is 26.3 Å². The molecule has 0 aromatic carbocycles. The van der Waals surface area contributed by atoms with Crippen LogP contribution < -0.4 is 16.8 Å². The van der Waals surface area contributed by atoms with Crippen LogP contribution in [0.25, 0.3) is 0 Å². The van der Waals surface area contributed by atoms with Crippen LogP contribution in [0.4, 0.5) is 10.8 Å². The average Bonchev–Trinajstić information content (AvgIpc) is 2.65. The summed E-state index contributed by atoms with van der Waals surface area (Å²) in [6.45, 7) is 0.927. The lowest BCUT2D eigenvalue weighted by molar-refractivity contribution is 0.0366. The quantitative estimate of drug-likeness (QED) is 0.631. The molecule has 0 aliphatic carbocycles. The second kappa shape index (κ2) is 6.38. The Hall–Kier alpha value is -1.38. The molecule has 0 radical (unpaired) electrons. The van der Waals surface area contributed by atoms with Gasteiger partial charge in [0.1, 0.15) is 10.6 Å². The zero-order chi connectivity index (χ0) is 12.8. The summed E-state index contributed by atoms with van der Waals surface area (Å²) in [5.74, 6) is -0.454. The highest BCUT2D eigenvalue weighted by Crippen LogP contribution is 2.25. The maximum absolute atomic E-state index is 11.2. The van der Waals surface area contributed by atoms with Crippen molar-refractivity contribution in [3.8, 4) is 0 Å². The predicted octanol–water partition coefficient (Wildman–Crippen LogP) is -0.102. The standard InChI is InChI=1S/C9H16N4O3S/c1-15-4-5(16-2)3-12-9-6(8(11)14)7(10)13-17-9/h5,12H,3-4H2,1-2H3,(H2,10,13)(H2,11,14). The molecule has 1 amide bonds. The van der Waals surface area contributed by atoms with Gasteiger partial charge in [-0.25, -0.2) is 0 Å². The van der Waals surface area contributed by atoms with E-state index < -0.39 is 5.91 Å². The average molecular weight is 260 g/mol. The van der Waals surface area contributed by atoms with Crippen LogP contribution in [0.5, 0.6) is 0 Å². The summed E-state index contributed by atoms with van der Waals surface area (Å²) in [6, 6.07) is 0. The highest BCUT2D eigenvalue weighted by atomic mass is 32.1. The summed E-state index contributed by atoms with van der Waals surface area (Å²) >= 11 is 1.09. The fraction of sp³-hybridized carbons (Fsp3) is 0.556. The topological polar surface area (TPSA) is 112 Å². The first kappa shape index (κ1) is 13.7. The number of carbonyl (C=O) groups excluding carboxylic acids is 1. The SMILES string of the molecule is COCC(CNc1snc(N)c1C(N)=O)OC. The molecule has 1 aromatic rings. The van der Waals surface area contributed by atoms with Gasteiger partial charge in [-0.15, -0.1) is 0 Å².